The van der Waals surface area contributed by atoms with Crippen LogP contribution in [-0.2, 0) is 4.79 Å². The molecule has 2 rings (SSSR count). The predicted octanol–water partition coefficient (Wildman–Crippen LogP) is 3.96. The van der Waals surface area contributed by atoms with Crippen LogP contribution < -0.4 is 11.1 Å². The summed E-state index contributed by atoms with van der Waals surface area (Å²) >= 11 is 7.40. The summed E-state index contributed by atoms with van der Waals surface area (Å²) in [5.74, 6) is 0.183. The second-order valence-electron chi connectivity index (χ2n) is 4.36. The van der Waals surface area contributed by atoms with Crippen LogP contribution in [0.4, 0.5) is 11.4 Å². The Morgan fingerprint density at radius 2 is 2.05 bits per heavy atom. The minimum Gasteiger partial charge on any atom is -0.398 e. The first-order valence-corrected chi connectivity index (χ1v) is 7.46. The van der Waals surface area contributed by atoms with E-state index < -0.39 is 0 Å². The zero-order valence-electron chi connectivity index (χ0n) is 11.0. The van der Waals surface area contributed by atoms with E-state index in [0.717, 1.165) is 10.5 Å². The van der Waals surface area contributed by atoms with Crippen molar-refractivity contribution in [2.24, 2.45) is 0 Å². The molecule has 0 fully saturated rings. The van der Waals surface area contributed by atoms with Crippen molar-refractivity contribution in [3.63, 3.8) is 0 Å². The third kappa shape index (κ3) is 3.92. The number of carbonyl (C=O) groups excluding carboxylic acids is 1. The Labute approximate surface area is 127 Å². The van der Waals surface area contributed by atoms with Crippen molar-refractivity contribution in [3.8, 4) is 0 Å². The lowest BCUT2D eigenvalue weighted by atomic mass is 10.2. The molecule has 104 valence electrons. The molecular formula is C15H15ClN2OS. The van der Waals surface area contributed by atoms with E-state index in [1.54, 1.807) is 12.1 Å². The van der Waals surface area contributed by atoms with Gasteiger partial charge in [-0.25, -0.2) is 0 Å². The molecule has 3 nitrogen and oxygen atoms in total. The number of rotatable bonds is 4. The van der Waals surface area contributed by atoms with Gasteiger partial charge in [0.05, 0.1) is 16.5 Å². The van der Waals surface area contributed by atoms with Gasteiger partial charge in [0.25, 0.3) is 0 Å². The molecule has 0 saturated heterocycles. The van der Waals surface area contributed by atoms with Crippen molar-refractivity contribution in [1.82, 2.24) is 0 Å². The molecule has 2 aromatic rings. The van der Waals surface area contributed by atoms with Gasteiger partial charge in [-0.2, -0.15) is 0 Å². The number of nitrogen functional groups attached to an aromatic ring is 1. The predicted molar refractivity (Wildman–Crippen MR) is 86.4 cm³/mol. The Hall–Kier alpha value is -1.65. The van der Waals surface area contributed by atoms with Crippen LogP contribution in [0.25, 0.3) is 0 Å². The Morgan fingerprint density at radius 3 is 2.80 bits per heavy atom. The van der Waals surface area contributed by atoms with E-state index >= 15 is 0 Å². The molecule has 0 aliphatic carbocycles. The van der Waals surface area contributed by atoms with Crippen LogP contribution in [0.2, 0.25) is 5.02 Å². The van der Waals surface area contributed by atoms with Crippen molar-refractivity contribution in [1.29, 1.82) is 0 Å². The molecule has 0 aliphatic heterocycles. The second kappa shape index (κ2) is 6.68. The summed E-state index contributed by atoms with van der Waals surface area (Å²) in [6.07, 6.45) is 0. The van der Waals surface area contributed by atoms with Crippen LogP contribution in [0.15, 0.2) is 47.4 Å². The normalized spacial score (nSPS) is 10.3. The second-order valence-corrected chi connectivity index (χ2v) is 5.78. The van der Waals surface area contributed by atoms with E-state index in [-0.39, 0.29) is 5.91 Å². The largest absolute Gasteiger partial charge is 0.398 e. The number of hydrogen-bond donors (Lipinski definition) is 2. The van der Waals surface area contributed by atoms with Crippen LogP contribution in [0, 0.1) is 6.92 Å². The Balaban J connectivity index is 1.96. The summed E-state index contributed by atoms with van der Waals surface area (Å²) in [5.41, 5.74) is 8.31. The third-order valence-electron chi connectivity index (χ3n) is 2.68. The number of thioether (sulfide) groups is 1. The van der Waals surface area contributed by atoms with Gasteiger partial charge >= 0.3 is 0 Å². The zero-order chi connectivity index (χ0) is 14.5. The molecule has 3 N–H and O–H groups in total. The summed E-state index contributed by atoms with van der Waals surface area (Å²) in [6, 6.07) is 12.9. The molecule has 5 heteroatoms. The number of para-hydroxylation sites is 1. The van der Waals surface area contributed by atoms with E-state index in [0.29, 0.717) is 22.2 Å². The van der Waals surface area contributed by atoms with Gasteiger partial charge in [-0.15, -0.1) is 11.8 Å². The van der Waals surface area contributed by atoms with Gasteiger partial charge in [0.1, 0.15) is 0 Å². The summed E-state index contributed by atoms with van der Waals surface area (Å²) in [6.45, 7) is 1.99. The van der Waals surface area contributed by atoms with Gasteiger partial charge in [-0.3, -0.25) is 4.79 Å². The van der Waals surface area contributed by atoms with Gasteiger partial charge in [0.15, 0.2) is 0 Å². The van der Waals surface area contributed by atoms with Gasteiger partial charge < -0.3 is 11.1 Å². The van der Waals surface area contributed by atoms with Crippen molar-refractivity contribution in [3.05, 3.63) is 53.1 Å². The smallest absolute Gasteiger partial charge is 0.234 e. The molecule has 0 aliphatic rings. The first-order chi connectivity index (χ1) is 9.56. The Morgan fingerprint density at radius 1 is 1.30 bits per heavy atom. The maximum Gasteiger partial charge on any atom is 0.234 e. The molecule has 0 atom stereocenters. The highest BCUT2D eigenvalue weighted by molar-refractivity contribution is 8.00. The number of hydrogen-bond acceptors (Lipinski definition) is 3. The summed E-state index contributed by atoms with van der Waals surface area (Å²) < 4.78 is 0. The van der Waals surface area contributed by atoms with E-state index in [2.05, 4.69) is 5.32 Å². The first kappa shape index (κ1) is 14.8. The zero-order valence-corrected chi connectivity index (χ0v) is 12.6. The number of benzene rings is 2. The SMILES string of the molecule is Cc1ccc(N)c(SCC(=O)Nc2ccccc2Cl)c1. The molecule has 2 aromatic carbocycles. The monoisotopic (exact) mass is 306 g/mol. The van der Waals surface area contributed by atoms with Crippen molar-refractivity contribution >= 4 is 40.6 Å². The van der Waals surface area contributed by atoms with Crippen molar-refractivity contribution in [2.75, 3.05) is 16.8 Å². The van der Waals surface area contributed by atoms with Gasteiger partial charge in [-0.05, 0) is 36.8 Å². The summed E-state index contributed by atoms with van der Waals surface area (Å²) in [7, 11) is 0. The summed E-state index contributed by atoms with van der Waals surface area (Å²) in [4.78, 5) is 12.8. The highest BCUT2D eigenvalue weighted by Gasteiger charge is 2.07. The highest BCUT2D eigenvalue weighted by atomic mass is 35.5. The fourth-order valence-corrected chi connectivity index (χ4v) is 2.70. The minimum absolute atomic E-state index is 0.107. The highest BCUT2D eigenvalue weighted by Crippen LogP contribution is 2.26. The molecule has 0 radical (unpaired) electrons. The lowest BCUT2D eigenvalue weighted by Crippen LogP contribution is -2.14. The summed E-state index contributed by atoms with van der Waals surface area (Å²) in [5, 5.41) is 3.31. The van der Waals surface area contributed by atoms with E-state index in [1.807, 2.05) is 37.3 Å². The number of carbonyl (C=O) groups is 1. The quantitative estimate of drug-likeness (QED) is 0.664. The topological polar surface area (TPSA) is 55.1 Å². The standard InChI is InChI=1S/C15H15ClN2OS/c1-10-6-7-12(17)14(8-10)20-9-15(19)18-13-5-3-2-4-11(13)16/h2-8H,9,17H2,1H3,(H,18,19). The maximum absolute atomic E-state index is 11.9. The average Bonchev–Trinajstić information content (AvgIpc) is 2.42. The van der Waals surface area contributed by atoms with E-state index in [4.69, 9.17) is 17.3 Å². The minimum atomic E-state index is -0.107. The van der Waals surface area contributed by atoms with Crippen LogP contribution in [-0.4, -0.2) is 11.7 Å². The molecule has 0 spiro atoms. The molecule has 0 saturated carbocycles. The fourth-order valence-electron chi connectivity index (χ4n) is 1.66. The van der Waals surface area contributed by atoms with Crippen LogP contribution in [0.3, 0.4) is 0 Å². The number of anilines is 2. The molecule has 1 amide bonds. The molecule has 20 heavy (non-hydrogen) atoms. The molecule has 0 aromatic heterocycles. The molecular weight excluding hydrogens is 292 g/mol. The molecule has 0 bridgehead atoms. The Bertz CT molecular complexity index is 631. The Kier molecular flexibility index (Phi) is 4.93. The molecule has 0 unspecified atom stereocenters. The van der Waals surface area contributed by atoms with E-state index in [9.17, 15) is 4.79 Å². The van der Waals surface area contributed by atoms with E-state index in [1.165, 1.54) is 11.8 Å². The number of amides is 1. The lowest BCUT2D eigenvalue weighted by molar-refractivity contribution is -0.113. The van der Waals surface area contributed by atoms with Gasteiger partial charge in [0, 0.05) is 10.6 Å². The fraction of sp³-hybridized carbons (Fsp3) is 0.133. The van der Waals surface area contributed by atoms with Gasteiger partial charge in [-0.1, -0.05) is 29.8 Å². The molecule has 0 heterocycles. The van der Waals surface area contributed by atoms with Crippen molar-refractivity contribution in [2.45, 2.75) is 11.8 Å². The van der Waals surface area contributed by atoms with Crippen LogP contribution in [0.5, 0.6) is 0 Å². The maximum atomic E-state index is 11.9. The third-order valence-corrected chi connectivity index (χ3v) is 4.08. The lowest BCUT2D eigenvalue weighted by Gasteiger charge is -2.08. The number of nitrogens with two attached hydrogens (primary N) is 1. The first-order valence-electron chi connectivity index (χ1n) is 6.09. The van der Waals surface area contributed by atoms with Crippen LogP contribution in [0.1, 0.15) is 5.56 Å². The van der Waals surface area contributed by atoms with Crippen molar-refractivity contribution < 1.29 is 4.79 Å². The van der Waals surface area contributed by atoms with Gasteiger partial charge in [0.2, 0.25) is 5.91 Å². The number of halogens is 1. The number of aryl methyl sites for hydroxylation is 1. The van der Waals surface area contributed by atoms with Crippen LogP contribution >= 0.6 is 23.4 Å². The number of nitrogens with one attached hydrogen (secondary N) is 1. The average molecular weight is 307 g/mol.